The molecule has 0 saturated carbocycles. The smallest absolute Gasteiger partial charge is 0.550 e. The Hall–Kier alpha value is 0.0518. The number of carbonyl (C=O) groups excluding carboxylic acids is 3. The third-order valence-corrected chi connectivity index (χ3v) is 1.25. The fourth-order valence-corrected chi connectivity index (χ4v) is 0.684. The number of rotatable bonds is 5. The van der Waals surface area contributed by atoms with Crippen molar-refractivity contribution in [1.29, 1.82) is 0 Å². The van der Waals surface area contributed by atoms with Crippen molar-refractivity contribution in [3.63, 3.8) is 0 Å². The molecular weight excluding hydrogens is 512 g/mol. The van der Waals surface area contributed by atoms with E-state index in [1.807, 2.05) is 0 Å². The Morgan fingerprint density at radius 3 is 1.40 bits per heavy atom. The van der Waals surface area contributed by atoms with Crippen LogP contribution in [0.4, 0.5) is 0 Å². The van der Waals surface area contributed by atoms with E-state index in [1.165, 1.54) is 0 Å². The van der Waals surface area contributed by atoms with Crippen LogP contribution in [0.5, 0.6) is 0 Å². The fraction of sp³-hybridized carbons (Fsp3) is 0.500. The summed E-state index contributed by atoms with van der Waals surface area (Å²) in [5.74, 6) is -5.98. The molecule has 0 aromatic heterocycles. The van der Waals surface area contributed by atoms with Crippen molar-refractivity contribution >= 4 is 68.0 Å². The first kappa shape index (κ1) is 20.5. The number of carboxylic acids is 3. The van der Waals surface area contributed by atoms with Crippen molar-refractivity contribution in [2.24, 2.45) is 0 Å². The molecule has 0 amide bonds. The van der Waals surface area contributed by atoms with Gasteiger partial charge in [0.15, 0.2) is 0 Å². The van der Waals surface area contributed by atoms with E-state index in [2.05, 4.69) is 0 Å². The molecule has 0 rings (SSSR count). The van der Waals surface area contributed by atoms with E-state index in [0.29, 0.717) is 0 Å². The predicted molar refractivity (Wildman–Crippen MR) is 40.7 cm³/mol. The molecule has 1 N–H and O–H groups in total. The van der Waals surface area contributed by atoms with Gasteiger partial charge in [-0.3, -0.25) is 0 Å². The first-order chi connectivity index (χ1) is 5.78. The zero-order valence-corrected chi connectivity index (χ0v) is 13.6. The summed E-state index contributed by atoms with van der Waals surface area (Å²) >= 11 is 0. The minimum Gasteiger partial charge on any atom is -0.550 e. The molecule has 0 spiro atoms. The minimum atomic E-state index is -2.97. The Labute approximate surface area is 121 Å². The van der Waals surface area contributed by atoms with E-state index in [-0.39, 0.29) is 50.1 Å². The number of hydrogen-bond donors (Lipinski definition) is 1. The quantitative estimate of drug-likeness (QED) is 0.359. The molecule has 9 heteroatoms. The van der Waals surface area contributed by atoms with Crippen LogP contribution in [0.3, 0.4) is 0 Å². The van der Waals surface area contributed by atoms with E-state index in [9.17, 15) is 29.7 Å². The third kappa shape index (κ3) is 7.92. The first-order valence-electron chi connectivity index (χ1n) is 3.11. The monoisotopic (exact) mass is 518 g/mol. The molecule has 0 aromatic rings. The Balaban J connectivity index is -0.000000720. The summed E-state index contributed by atoms with van der Waals surface area (Å²) in [5, 5.41) is 38.9. The largest absolute Gasteiger partial charge is 4.00 e. The average Bonchev–Trinajstić information content (AvgIpc) is 1.82. The summed E-state index contributed by atoms with van der Waals surface area (Å²) in [6, 6.07) is 0. The Kier molecular flexibility index (Phi) is 11.2. The maximum atomic E-state index is 10.1. The van der Waals surface area contributed by atoms with Gasteiger partial charge in [-0.05, 0) is 0 Å². The maximum absolute atomic E-state index is 10.1. The van der Waals surface area contributed by atoms with Crippen LogP contribution in [0, 0.1) is 0 Å². The van der Waals surface area contributed by atoms with Gasteiger partial charge in [0.1, 0.15) is 5.60 Å². The van der Waals surface area contributed by atoms with Gasteiger partial charge in [0.05, 0.1) is 5.97 Å². The summed E-state index contributed by atoms with van der Waals surface area (Å²) in [5.41, 5.74) is -2.97. The Morgan fingerprint density at radius 1 is 1.00 bits per heavy atom. The second-order valence-corrected chi connectivity index (χ2v) is 2.42. The SMILES string of the molecule is O=C([O-])CC(O)(CC(=O)[O-])C(=O)[O-].[Bi+3].[Sn+4]. The summed E-state index contributed by atoms with van der Waals surface area (Å²) < 4.78 is 0. The number of carboxylic acid groups (broad SMARTS) is 3. The van der Waals surface area contributed by atoms with Crippen molar-refractivity contribution in [3.05, 3.63) is 0 Å². The third-order valence-electron chi connectivity index (χ3n) is 1.25. The van der Waals surface area contributed by atoms with Crippen molar-refractivity contribution in [1.82, 2.24) is 0 Å². The molecular formula is C6H5BiO7Sn+4. The first-order valence-corrected chi connectivity index (χ1v) is 3.11. The zero-order chi connectivity index (χ0) is 10.6. The second-order valence-electron chi connectivity index (χ2n) is 2.42. The number of hydrogen-bond acceptors (Lipinski definition) is 7. The van der Waals surface area contributed by atoms with Gasteiger partial charge >= 0.3 is 50.1 Å². The number of aliphatic carboxylic acids is 3. The van der Waals surface area contributed by atoms with Crippen LogP contribution >= 0.6 is 0 Å². The topological polar surface area (TPSA) is 141 Å². The molecule has 0 aliphatic rings. The van der Waals surface area contributed by atoms with Gasteiger partial charge in [0.2, 0.25) is 0 Å². The molecule has 0 aliphatic heterocycles. The molecule has 0 fully saturated rings. The second kappa shape index (κ2) is 8.23. The molecule has 15 heavy (non-hydrogen) atoms. The van der Waals surface area contributed by atoms with Crippen LogP contribution in [-0.2, 0) is 14.4 Å². The molecule has 7 nitrogen and oxygen atoms in total. The van der Waals surface area contributed by atoms with Crippen LogP contribution in [0.2, 0.25) is 0 Å². The van der Waals surface area contributed by atoms with Crippen LogP contribution in [0.15, 0.2) is 0 Å². The number of aliphatic hydroxyl groups is 1. The molecule has 0 heterocycles. The predicted octanol–water partition coefficient (Wildman–Crippen LogP) is -6.01. The summed E-state index contributed by atoms with van der Waals surface area (Å²) in [6.07, 6.45) is -2.72. The zero-order valence-electron chi connectivity index (χ0n) is 7.26. The van der Waals surface area contributed by atoms with Gasteiger partial charge in [-0.15, -0.1) is 0 Å². The van der Waals surface area contributed by atoms with Gasteiger partial charge in [-0.1, -0.05) is 0 Å². The van der Waals surface area contributed by atoms with Crippen LogP contribution < -0.4 is 15.3 Å². The maximum Gasteiger partial charge on any atom is 4.00 e. The van der Waals surface area contributed by atoms with Crippen molar-refractivity contribution in [2.75, 3.05) is 0 Å². The molecule has 0 aromatic carbocycles. The van der Waals surface area contributed by atoms with E-state index in [4.69, 9.17) is 5.11 Å². The molecule has 0 aliphatic carbocycles. The van der Waals surface area contributed by atoms with Gasteiger partial charge < -0.3 is 34.8 Å². The van der Waals surface area contributed by atoms with Crippen molar-refractivity contribution < 1.29 is 34.8 Å². The van der Waals surface area contributed by atoms with Crippen LogP contribution in [0.25, 0.3) is 0 Å². The summed E-state index contributed by atoms with van der Waals surface area (Å²) in [6.45, 7) is 0. The standard InChI is InChI=1S/C6H8O7.Bi.Sn/c7-3(8)1-6(13,5(11)12)2-4(9)10;;/h13H,1-2H2,(H,7,8)(H,9,10)(H,11,12);;/q;+3;+4/p-3. The molecule has 0 atom stereocenters. The summed E-state index contributed by atoms with van der Waals surface area (Å²) in [4.78, 5) is 30.0. The molecule has 0 saturated heterocycles. The summed E-state index contributed by atoms with van der Waals surface area (Å²) in [7, 11) is 0. The van der Waals surface area contributed by atoms with Gasteiger partial charge in [0.25, 0.3) is 0 Å². The average molecular weight is 517 g/mol. The van der Waals surface area contributed by atoms with E-state index in [0.717, 1.165) is 0 Å². The van der Waals surface area contributed by atoms with Crippen LogP contribution in [0.1, 0.15) is 12.8 Å². The van der Waals surface area contributed by atoms with Crippen molar-refractivity contribution in [2.45, 2.75) is 18.4 Å². The number of carbonyl (C=O) groups is 3. The molecule has 0 bridgehead atoms. The molecule has 76 valence electrons. The Bertz CT molecular complexity index is 238. The fourth-order valence-electron chi connectivity index (χ4n) is 0.684. The van der Waals surface area contributed by atoms with E-state index in [1.54, 1.807) is 0 Å². The molecule has 0 unspecified atom stereocenters. The minimum absolute atomic E-state index is 0. The normalized spacial score (nSPS) is 9.40. The van der Waals surface area contributed by atoms with E-state index < -0.39 is 36.4 Å². The van der Waals surface area contributed by atoms with Gasteiger partial charge in [-0.2, -0.15) is 0 Å². The van der Waals surface area contributed by atoms with Gasteiger partial charge in [-0.25, -0.2) is 0 Å². The van der Waals surface area contributed by atoms with E-state index >= 15 is 0 Å². The van der Waals surface area contributed by atoms with Crippen LogP contribution in [-0.4, -0.2) is 78.7 Å². The molecule has 2 radical (unpaired) electrons. The van der Waals surface area contributed by atoms with Gasteiger partial charge in [0, 0.05) is 24.8 Å². The van der Waals surface area contributed by atoms with Crippen molar-refractivity contribution in [3.8, 4) is 0 Å². The Morgan fingerprint density at radius 2 is 1.27 bits per heavy atom.